The predicted molar refractivity (Wildman–Crippen MR) is 113 cm³/mol. The van der Waals surface area contributed by atoms with E-state index in [0.29, 0.717) is 11.5 Å². The third kappa shape index (κ3) is 3.40. The highest BCUT2D eigenvalue weighted by atomic mass is 32.2. The number of carbonyl (C=O) groups excluding carboxylic acids is 3. The first-order valence-electron chi connectivity index (χ1n) is 9.48. The molecule has 10 heteroatoms. The summed E-state index contributed by atoms with van der Waals surface area (Å²) in [7, 11) is 0. The maximum absolute atomic E-state index is 13.2. The number of carbonyl (C=O) groups is 4. The number of ether oxygens (including phenoxy) is 1. The first kappa shape index (κ1) is 21.2. The summed E-state index contributed by atoms with van der Waals surface area (Å²) in [5, 5.41) is 11.9. The highest BCUT2D eigenvalue weighted by molar-refractivity contribution is 8.08. The van der Waals surface area contributed by atoms with Gasteiger partial charge in [-0.25, -0.2) is 4.79 Å². The van der Waals surface area contributed by atoms with E-state index < -0.39 is 51.6 Å². The number of hydrogen-bond acceptors (Lipinski definition) is 8. The van der Waals surface area contributed by atoms with Crippen molar-refractivity contribution >= 4 is 47.3 Å². The number of benzene rings is 1. The lowest BCUT2D eigenvalue weighted by Crippen LogP contribution is -2.58. The Labute approximate surface area is 182 Å². The highest BCUT2D eigenvalue weighted by Crippen LogP contribution is 2.51. The van der Waals surface area contributed by atoms with Gasteiger partial charge < -0.3 is 9.84 Å². The molecule has 2 saturated heterocycles. The van der Waals surface area contributed by atoms with Crippen LogP contribution in [0.5, 0.6) is 0 Å². The number of nitrogens with one attached hydrogen (secondary N) is 1. The van der Waals surface area contributed by atoms with E-state index in [1.807, 2.05) is 0 Å². The molecular weight excluding hydrogens is 428 g/mol. The summed E-state index contributed by atoms with van der Waals surface area (Å²) in [4.78, 5) is 52.1. The van der Waals surface area contributed by atoms with E-state index in [1.165, 1.54) is 11.8 Å². The summed E-state index contributed by atoms with van der Waals surface area (Å²) in [5.74, 6) is -1.69. The average molecular weight is 451 g/mol. The lowest BCUT2D eigenvalue weighted by molar-refractivity contribution is -0.160. The second kappa shape index (κ2) is 7.28. The molecule has 3 atom stereocenters. The summed E-state index contributed by atoms with van der Waals surface area (Å²) in [5.41, 5.74) is -0.390. The number of thioether (sulfide) groups is 2. The van der Waals surface area contributed by atoms with Crippen LogP contribution in [0.4, 0.5) is 0 Å². The molecule has 3 aliphatic rings. The summed E-state index contributed by atoms with van der Waals surface area (Å²) in [6, 6.07) is 4.23. The van der Waals surface area contributed by atoms with Crippen molar-refractivity contribution in [2.24, 2.45) is 0 Å². The first-order chi connectivity index (χ1) is 14.0. The van der Waals surface area contributed by atoms with Gasteiger partial charge in [0.25, 0.3) is 11.8 Å². The Hall–Kier alpha value is -2.04. The Bertz CT molecular complexity index is 904. The van der Waals surface area contributed by atoms with E-state index in [-0.39, 0.29) is 11.1 Å². The van der Waals surface area contributed by atoms with Crippen molar-refractivity contribution in [3.05, 3.63) is 35.4 Å². The summed E-state index contributed by atoms with van der Waals surface area (Å²) in [6.45, 7) is 5.09. The molecule has 1 aromatic carbocycles. The fraction of sp³-hybridized carbons (Fsp3) is 0.500. The molecule has 1 aromatic rings. The van der Waals surface area contributed by atoms with E-state index >= 15 is 0 Å². The molecule has 0 aromatic heterocycles. The molecule has 160 valence electrons. The summed E-state index contributed by atoms with van der Waals surface area (Å²) >= 11 is 2.93. The number of nitrogens with zero attached hydrogens (tertiary/aromatic N) is 1. The Morgan fingerprint density at radius 2 is 1.77 bits per heavy atom. The Morgan fingerprint density at radius 1 is 1.20 bits per heavy atom. The molecule has 2 fully saturated rings. The van der Waals surface area contributed by atoms with E-state index in [9.17, 15) is 24.3 Å². The Balaban J connectivity index is 1.72. The van der Waals surface area contributed by atoms with Gasteiger partial charge in [0.2, 0.25) is 0 Å². The second-order valence-electron chi connectivity index (χ2n) is 8.54. The molecule has 3 unspecified atom stereocenters. The van der Waals surface area contributed by atoms with Crippen molar-refractivity contribution < 1.29 is 29.0 Å². The minimum Gasteiger partial charge on any atom is -0.480 e. The van der Waals surface area contributed by atoms with Gasteiger partial charge >= 0.3 is 11.9 Å². The number of fused-ring (bicyclic) bond motifs is 1. The zero-order valence-corrected chi connectivity index (χ0v) is 18.3. The van der Waals surface area contributed by atoms with Crippen LogP contribution in [0.1, 0.15) is 41.5 Å². The zero-order chi connectivity index (χ0) is 21.8. The van der Waals surface area contributed by atoms with Crippen LogP contribution >= 0.6 is 23.5 Å². The smallest absolute Gasteiger partial charge is 0.332 e. The molecule has 2 amide bonds. The molecule has 0 radical (unpaired) electrons. The number of hydrogen-bond donors (Lipinski definition) is 2. The predicted octanol–water partition coefficient (Wildman–Crippen LogP) is 1.59. The molecule has 4 rings (SSSR count). The topological polar surface area (TPSA) is 113 Å². The fourth-order valence-corrected chi connectivity index (χ4v) is 7.21. The number of rotatable bonds is 4. The number of amides is 2. The number of esters is 1. The van der Waals surface area contributed by atoms with Crippen LogP contribution in [0.2, 0.25) is 0 Å². The van der Waals surface area contributed by atoms with Crippen LogP contribution < -0.4 is 5.32 Å². The number of carboxylic acid groups (broad SMARTS) is 1. The van der Waals surface area contributed by atoms with E-state index in [4.69, 9.17) is 4.74 Å². The van der Waals surface area contributed by atoms with Gasteiger partial charge in [-0.2, -0.15) is 11.8 Å². The average Bonchev–Trinajstić information content (AvgIpc) is 3.14. The van der Waals surface area contributed by atoms with Crippen LogP contribution in [0.25, 0.3) is 0 Å². The van der Waals surface area contributed by atoms with Crippen LogP contribution in [0.15, 0.2) is 24.3 Å². The van der Waals surface area contributed by atoms with Crippen LogP contribution in [-0.2, 0) is 14.3 Å². The number of aliphatic carboxylic acids is 1. The summed E-state index contributed by atoms with van der Waals surface area (Å²) in [6.07, 6.45) is 0. The largest absolute Gasteiger partial charge is 0.480 e. The van der Waals surface area contributed by atoms with Gasteiger partial charge in [0, 0.05) is 11.5 Å². The molecule has 30 heavy (non-hydrogen) atoms. The first-order valence-corrected chi connectivity index (χ1v) is 11.5. The molecule has 2 N–H and O–H groups in total. The normalized spacial score (nSPS) is 25.8. The van der Waals surface area contributed by atoms with Crippen molar-refractivity contribution in [2.45, 2.75) is 48.6 Å². The molecule has 3 heterocycles. The minimum absolute atomic E-state index is 0.225. The van der Waals surface area contributed by atoms with Crippen molar-refractivity contribution in [3.63, 3.8) is 0 Å². The Kier molecular flexibility index (Phi) is 5.14. The fourth-order valence-electron chi connectivity index (χ4n) is 3.85. The maximum atomic E-state index is 13.2. The lowest BCUT2D eigenvalue weighted by atomic mass is 10.0. The maximum Gasteiger partial charge on any atom is 0.332 e. The van der Waals surface area contributed by atoms with Gasteiger partial charge in [0.05, 0.1) is 21.2 Å². The highest BCUT2D eigenvalue weighted by Gasteiger charge is 2.60. The third-order valence-corrected chi connectivity index (χ3v) is 8.64. The van der Waals surface area contributed by atoms with Gasteiger partial charge in [-0.3, -0.25) is 24.6 Å². The monoisotopic (exact) mass is 450 g/mol. The van der Waals surface area contributed by atoms with E-state index in [2.05, 4.69) is 5.32 Å². The van der Waals surface area contributed by atoms with Crippen LogP contribution in [0, 0.1) is 0 Å². The molecule has 0 saturated carbocycles. The molecule has 8 nitrogen and oxygen atoms in total. The molecular formula is C20H22N2O6S2. The summed E-state index contributed by atoms with van der Waals surface area (Å²) < 4.78 is 4.96. The number of imide groups is 1. The van der Waals surface area contributed by atoms with Crippen molar-refractivity contribution in [2.75, 3.05) is 11.5 Å². The van der Waals surface area contributed by atoms with Crippen LogP contribution in [0.3, 0.4) is 0 Å². The molecule has 0 bridgehead atoms. The molecule has 0 aliphatic carbocycles. The van der Waals surface area contributed by atoms with Gasteiger partial charge in [0.15, 0.2) is 6.04 Å². The van der Waals surface area contributed by atoms with Gasteiger partial charge in [0.1, 0.15) is 11.6 Å². The quantitative estimate of drug-likeness (QED) is 0.521. The molecule has 1 spiro atoms. The minimum atomic E-state index is -1.28. The van der Waals surface area contributed by atoms with E-state index in [1.54, 1.807) is 56.8 Å². The van der Waals surface area contributed by atoms with Crippen molar-refractivity contribution in [1.29, 1.82) is 0 Å². The second-order valence-corrected chi connectivity index (χ2v) is 11.1. The van der Waals surface area contributed by atoms with Gasteiger partial charge in [-0.05, 0) is 32.9 Å². The van der Waals surface area contributed by atoms with Crippen LogP contribution in [-0.4, -0.2) is 73.1 Å². The van der Waals surface area contributed by atoms with E-state index in [0.717, 1.165) is 4.90 Å². The van der Waals surface area contributed by atoms with Crippen molar-refractivity contribution in [3.8, 4) is 0 Å². The van der Waals surface area contributed by atoms with Gasteiger partial charge in [-0.15, -0.1) is 11.8 Å². The third-order valence-electron chi connectivity index (χ3n) is 5.20. The Morgan fingerprint density at radius 3 is 2.17 bits per heavy atom. The lowest BCUT2D eigenvalue weighted by Gasteiger charge is -2.39. The van der Waals surface area contributed by atoms with Gasteiger partial charge in [-0.1, -0.05) is 12.1 Å². The SMILES string of the molecule is CC(C)(C)OC(=O)C(C1NC(C(=O)O)C2(CSC2)S1)N1C(=O)c2ccccc2C1=O. The molecule has 3 aliphatic heterocycles. The van der Waals surface area contributed by atoms with Crippen molar-refractivity contribution in [1.82, 2.24) is 10.2 Å². The number of carboxylic acids is 1. The standard InChI is InChI=1S/C20H22N2O6S2/c1-19(2,3)28-18(27)12(14-21-13(17(25)26)20(30-14)8-29-9-20)22-15(23)10-6-4-5-7-11(10)16(22)24/h4-7,12-14,21H,8-9H2,1-3H3,(H,25,26). The zero-order valence-electron chi connectivity index (χ0n) is 16.7.